The van der Waals surface area contributed by atoms with Gasteiger partial charge in [0.25, 0.3) is 0 Å². The molecule has 0 aromatic heterocycles. The summed E-state index contributed by atoms with van der Waals surface area (Å²) in [6.45, 7) is 9.20. The molecule has 120 valence electrons. The van der Waals surface area contributed by atoms with Crippen LogP contribution in [0.3, 0.4) is 0 Å². The number of benzene rings is 1. The number of Topliss-reactive ketones (excluding diaryl/α,β-unsaturated/α-hetero) is 1. The number of aliphatic carboxylic acids is 1. The molecule has 0 aliphatic rings. The third kappa shape index (κ3) is 8.96. The fourth-order valence-corrected chi connectivity index (χ4v) is 2.59. The lowest BCUT2D eigenvalue weighted by atomic mass is 10.2. The lowest BCUT2D eigenvalue weighted by Gasteiger charge is -2.03. The number of carbonyl (C=O) groups is 2. The summed E-state index contributed by atoms with van der Waals surface area (Å²) < 4.78 is 23.3. The Bertz CT molecular complexity index is 530. The Hall–Kier alpha value is -1.69. The van der Waals surface area contributed by atoms with Crippen molar-refractivity contribution in [2.75, 3.05) is 5.75 Å². The van der Waals surface area contributed by atoms with E-state index in [-0.39, 0.29) is 11.3 Å². The lowest BCUT2D eigenvalue weighted by Crippen LogP contribution is -2.13. The van der Waals surface area contributed by atoms with Crippen molar-refractivity contribution in [3.8, 4) is 0 Å². The first-order chi connectivity index (χ1) is 9.81. The Morgan fingerprint density at radius 3 is 1.76 bits per heavy atom. The number of carboxylic acid groups (broad SMARTS) is 1. The largest absolute Gasteiger partial charge is 0.481 e. The summed E-state index contributed by atoms with van der Waals surface area (Å²) in [5.74, 6) is -1.95. The van der Waals surface area contributed by atoms with E-state index in [1.54, 1.807) is 0 Å². The maximum Gasteiger partial charge on any atom is 0.307 e. The molecule has 0 aliphatic carbocycles. The van der Waals surface area contributed by atoms with E-state index in [0.29, 0.717) is 5.56 Å². The summed E-state index contributed by atoms with van der Waals surface area (Å²) >= 11 is 0. The SMILES string of the molecule is CC.CC.CC(=O)CS(=O)(=O)c1ccc(CC(=O)O)cc1. The second-order valence-corrected chi connectivity index (χ2v) is 5.67. The summed E-state index contributed by atoms with van der Waals surface area (Å²) in [4.78, 5) is 21.3. The number of carbonyl (C=O) groups excluding carboxylic acids is 1. The molecule has 0 bridgehead atoms. The van der Waals surface area contributed by atoms with Crippen molar-refractivity contribution < 1.29 is 23.1 Å². The maximum atomic E-state index is 11.6. The molecular formula is C15H24O5S. The van der Waals surface area contributed by atoms with E-state index in [2.05, 4.69) is 0 Å². The third-order valence-corrected chi connectivity index (χ3v) is 3.81. The van der Waals surface area contributed by atoms with Crippen LogP contribution in [-0.4, -0.2) is 31.0 Å². The van der Waals surface area contributed by atoms with Crippen molar-refractivity contribution in [3.05, 3.63) is 29.8 Å². The van der Waals surface area contributed by atoms with Gasteiger partial charge in [-0.3, -0.25) is 9.59 Å². The second kappa shape index (κ2) is 11.0. The normalized spacial score (nSPS) is 9.57. The third-order valence-electron chi connectivity index (χ3n) is 2.03. The number of hydrogen-bond donors (Lipinski definition) is 1. The standard InChI is InChI=1S/C11H12O5S.2C2H6/c1-8(12)7-17(15,16)10-4-2-9(3-5-10)6-11(13)14;2*1-2/h2-5H,6-7H2,1H3,(H,13,14);2*1-2H3. The van der Waals surface area contributed by atoms with Crippen molar-refractivity contribution >= 4 is 21.6 Å². The average Bonchev–Trinajstić information content (AvgIpc) is 2.42. The van der Waals surface area contributed by atoms with Crippen LogP contribution < -0.4 is 0 Å². The fraction of sp³-hybridized carbons (Fsp3) is 0.467. The molecule has 0 heterocycles. The number of hydrogen-bond acceptors (Lipinski definition) is 4. The van der Waals surface area contributed by atoms with E-state index in [0.717, 1.165) is 0 Å². The number of carboxylic acids is 1. The topological polar surface area (TPSA) is 88.5 Å². The summed E-state index contributed by atoms with van der Waals surface area (Å²) in [6.07, 6.45) is -0.160. The van der Waals surface area contributed by atoms with Crippen LogP contribution in [0.25, 0.3) is 0 Å². The van der Waals surface area contributed by atoms with E-state index in [1.807, 2.05) is 27.7 Å². The minimum Gasteiger partial charge on any atom is -0.481 e. The van der Waals surface area contributed by atoms with E-state index < -0.39 is 27.3 Å². The van der Waals surface area contributed by atoms with Crippen molar-refractivity contribution in [2.24, 2.45) is 0 Å². The molecule has 0 saturated carbocycles. The molecule has 1 rings (SSSR count). The Morgan fingerprint density at radius 1 is 1.00 bits per heavy atom. The molecule has 0 aliphatic heterocycles. The highest BCUT2D eigenvalue weighted by atomic mass is 32.2. The smallest absolute Gasteiger partial charge is 0.307 e. The fourth-order valence-electron chi connectivity index (χ4n) is 1.34. The van der Waals surface area contributed by atoms with Crippen molar-refractivity contribution in [1.29, 1.82) is 0 Å². The minimum absolute atomic E-state index is 0.0295. The van der Waals surface area contributed by atoms with Crippen LogP contribution in [0.4, 0.5) is 0 Å². The maximum absolute atomic E-state index is 11.6. The molecule has 1 aromatic rings. The van der Waals surface area contributed by atoms with Crippen molar-refractivity contribution in [3.63, 3.8) is 0 Å². The number of sulfone groups is 1. The van der Waals surface area contributed by atoms with Gasteiger partial charge in [0.2, 0.25) is 0 Å². The second-order valence-electron chi connectivity index (χ2n) is 3.68. The minimum atomic E-state index is -3.60. The van der Waals surface area contributed by atoms with Crippen molar-refractivity contribution in [1.82, 2.24) is 0 Å². The zero-order valence-corrected chi connectivity index (χ0v) is 14.0. The molecule has 1 N–H and O–H groups in total. The van der Waals surface area contributed by atoms with E-state index in [1.165, 1.54) is 31.2 Å². The first-order valence-electron chi connectivity index (χ1n) is 6.84. The van der Waals surface area contributed by atoms with Gasteiger partial charge in [-0.2, -0.15) is 0 Å². The Kier molecular flexibility index (Phi) is 11.3. The van der Waals surface area contributed by atoms with Crippen LogP contribution in [0.15, 0.2) is 29.2 Å². The predicted octanol–water partition coefficient (Wildman–Crippen LogP) is 2.73. The molecular weight excluding hydrogens is 292 g/mol. The molecule has 6 heteroatoms. The first kappa shape index (κ1) is 21.6. The van der Waals surface area contributed by atoms with Gasteiger partial charge in [0, 0.05) is 0 Å². The van der Waals surface area contributed by atoms with Crippen molar-refractivity contribution in [2.45, 2.75) is 45.9 Å². The molecule has 5 nitrogen and oxygen atoms in total. The summed E-state index contributed by atoms with van der Waals surface area (Å²) in [6, 6.07) is 5.50. The molecule has 21 heavy (non-hydrogen) atoms. The van der Waals surface area contributed by atoms with E-state index in [4.69, 9.17) is 5.11 Å². The highest BCUT2D eigenvalue weighted by molar-refractivity contribution is 7.92. The van der Waals surface area contributed by atoms with Gasteiger partial charge in [0.05, 0.1) is 11.3 Å². The molecule has 0 atom stereocenters. The molecule has 0 unspecified atom stereocenters. The number of rotatable bonds is 5. The predicted molar refractivity (Wildman–Crippen MR) is 83.2 cm³/mol. The Labute approximate surface area is 126 Å². The quantitative estimate of drug-likeness (QED) is 0.902. The lowest BCUT2D eigenvalue weighted by molar-refractivity contribution is -0.136. The highest BCUT2D eigenvalue weighted by Crippen LogP contribution is 2.13. The molecule has 0 radical (unpaired) electrons. The summed E-state index contributed by atoms with van der Waals surface area (Å²) in [7, 11) is -3.60. The van der Waals surface area contributed by atoms with E-state index >= 15 is 0 Å². The highest BCUT2D eigenvalue weighted by Gasteiger charge is 2.16. The molecule has 0 amide bonds. The van der Waals surface area contributed by atoms with Crippen LogP contribution in [0.5, 0.6) is 0 Å². The zero-order valence-electron chi connectivity index (χ0n) is 13.2. The monoisotopic (exact) mass is 316 g/mol. The van der Waals surface area contributed by atoms with Gasteiger partial charge in [-0.25, -0.2) is 8.42 Å². The van der Waals surface area contributed by atoms with Gasteiger partial charge in [0.15, 0.2) is 9.84 Å². The Morgan fingerprint density at radius 2 is 1.43 bits per heavy atom. The van der Waals surface area contributed by atoms with Crippen LogP contribution in [0.1, 0.15) is 40.2 Å². The van der Waals surface area contributed by atoms with Gasteiger partial charge in [-0.05, 0) is 24.6 Å². The van der Waals surface area contributed by atoms with Crippen LogP contribution in [0.2, 0.25) is 0 Å². The average molecular weight is 316 g/mol. The molecule has 0 spiro atoms. The van der Waals surface area contributed by atoms with Gasteiger partial charge in [0.1, 0.15) is 11.5 Å². The zero-order chi connectivity index (χ0) is 17.1. The number of ketones is 1. The summed E-state index contributed by atoms with van der Waals surface area (Å²) in [5, 5.41) is 8.55. The molecule has 1 aromatic carbocycles. The van der Waals surface area contributed by atoms with Gasteiger partial charge < -0.3 is 5.11 Å². The first-order valence-corrected chi connectivity index (χ1v) is 8.49. The summed E-state index contributed by atoms with van der Waals surface area (Å²) in [5.41, 5.74) is 0.513. The van der Waals surface area contributed by atoms with Gasteiger partial charge >= 0.3 is 5.97 Å². The van der Waals surface area contributed by atoms with Crippen LogP contribution in [0, 0.1) is 0 Å². The van der Waals surface area contributed by atoms with Gasteiger partial charge in [-0.1, -0.05) is 39.8 Å². The molecule has 0 saturated heterocycles. The van der Waals surface area contributed by atoms with Crippen LogP contribution in [-0.2, 0) is 25.8 Å². The molecule has 0 fully saturated rings. The van der Waals surface area contributed by atoms with E-state index in [9.17, 15) is 18.0 Å². The Balaban J connectivity index is 0. The van der Waals surface area contributed by atoms with Crippen LogP contribution >= 0.6 is 0 Å². The van der Waals surface area contributed by atoms with Gasteiger partial charge in [-0.15, -0.1) is 0 Å².